The topological polar surface area (TPSA) is 88.5 Å². The van der Waals surface area contributed by atoms with E-state index in [9.17, 15) is 26.8 Å². The van der Waals surface area contributed by atoms with Crippen molar-refractivity contribution in [1.29, 1.82) is 0 Å². The minimum Gasteiger partial charge on any atom is -0.481 e. The average Bonchev–Trinajstić information content (AvgIpc) is 2.61. The minimum absolute atomic E-state index is 0.000226. The molecule has 0 radical (unpaired) electrons. The van der Waals surface area contributed by atoms with Crippen molar-refractivity contribution in [3.63, 3.8) is 0 Å². The summed E-state index contributed by atoms with van der Waals surface area (Å²) in [6, 6.07) is 9.66. The van der Waals surface area contributed by atoms with Crippen LogP contribution in [0.5, 0.6) is 0 Å². The van der Waals surface area contributed by atoms with E-state index in [-0.39, 0.29) is 32.4 Å². The number of rotatable bonds is 5. The quantitative estimate of drug-likeness (QED) is 0.659. The fourth-order valence-corrected chi connectivity index (χ4v) is 3.52. The molecule has 0 aromatic heterocycles. The lowest BCUT2D eigenvalue weighted by Crippen LogP contribution is -2.07. The van der Waals surface area contributed by atoms with E-state index in [2.05, 4.69) is 0 Å². The first-order valence-corrected chi connectivity index (χ1v) is 9.93. The standard InChI is InChI=1S/C20H14F2O5S/c1-28(26,27)14-4-2-12(3-5-14)20(25)16-7-11(8-19(23)24)6-13-9-17(21)18(22)10-15(13)16/h2-7,9-10H,8H2,1H3,(H,23,24). The highest BCUT2D eigenvalue weighted by Gasteiger charge is 2.18. The summed E-state index contributed by atoms with van der Waals surface area (Å²) >= 11 is 0. The van der Waals surface area contributed by atoms with Crippen LogP contribution >= 0.6 is 0 Å². The first-order valence-electron chi connectivity index (χ1n) is 8.04. The maximum absolute atomic E-state index is 13.7. The average molecular weight is 404 g/mol. The van der Waals surface area contributed by atoms with Crippen molar-refractivity contribution in [3.05, 3.63) is 76.9 Å². The van der Waals surface area contributed by atoms with Crippen molar-refractivity contribution in [3.8, 4) is 0 Å². The van der Waals surface area contributed by atoms with Crippen LogP contribution in [0.4, 0.5) is 8.78 Å². The third-order valence-electron chi connectivity index (χ3n) is 4.20. The second kappa shape index (κ2) is 7.12. The number of ketones is 1. The predicted octanol–water partition coefficient (Wildman–Crippen LogP) is 3.38. The third kappa shape index (κ3) is 3.91. The summed E-state index contributed by atoms with van der Waals surface area (Å²) in [6.07, 6.45) is 0.631. The van der Waals surface area contributed by atoms with Gasteiger partial charge in [-0.3, -0.25) is 9.59 Å². The number of hydrogen-bond acceptors (Lipinski definition) is 4. The van der Waals surface area contributed by atoms with E-state index in [1.165, 1.54) is 36.4 Å². The highest BCUT2D eigenvalue weighted by atomic mass is 32.2. The number of carboxylic acid groups (broad SMARTS) is 1. The summed E-state index contributed by atoms with van der Waals surface area (Å²) in [5, 5.41) is 9.33. The molecular formula is C20H14F2O5S. The van der Waals surface area contributed by atoms with Gasteiger partial charge in [0.05, 0.1) is 11.3 Å². The van der Waals surface area contributed by atoms with E-state index in [4.69, 9.17) is 5.11 Å². The van der Waals surface area contributed by atoms with Gasteiger partial charge < -0.3 is 5.11 Å². The largest absolute Gasteiger partial charge is 0.481 e. The van der Waals surface area contributed by atoms with Gasteiger partial charge in [-0.05, 0) is 58.8 Å². The van der Waals surface area contributed by atoms with Gasteiger partial charge >= 0.3 is 5.97 Å². The number of sulfone groups is 1. The molecule has 1 N–H and O–H groups in total. The second-order valence-corrected chi connectivity index (χ2v) is 8.34. The van der Waals surface area contributed by atoms with Crippen LogP contribution in [-0.2, 0) is 21.1 Å². The number of carbonyl (C=O) groups excluding carboxylic acids is 1. The molecule has 0 bridgehead atoms. The van der Waals surface area contributed by atoms with E-state index in [0.717, 1.165) is 18.4 Å². The Morgan fingerprint density at radius 1 is 0.964 bits per heavy atom. The van der Waals surface area contributed by atoms with Gasteiger partial charge in [0.1, 0.15) is 0 Å². The van der Waals surface area contributed by atoms with Crippen molar-refractivity contribution in [1.82, 2.24) is 0 Å². The Bertz CT molecular complexity index is 1220. The van der Waals surface area contributed by atoms with Crippen molar-refractivity contribution in [2.24, 2.45) is 0 Å². The molecule has 0 fully saturated rings. The van der Waals surface area contributed by atoms with Gasteiger partial charge in [0.15, 0.2) is 27.3 Å². The van der Waals surface area contributed by atoms with E-state index in [1.54, 1.807) is 0 Å². The first-order chi connectivity index (χ1) is 13.1. The summed E-state index contributed by atoms with van der Waals surface area (Å²) < 4.78 is 50.5. The van der Waals surface area contributed by atoms with Crippen LogP contribution in [0, 0.1) is 11.6 Å². The molecule has 3 aromatic rings. The number of carbonyl (C=O) groups is 2. The molecule has 0 saturated carbocycles. The zero-order chi connectivity index (χ0) is 20.6. The molecule has 144 valence electrons. The predicted molar refractivity (Wildman–Crippen MR) is 98.2 cm³/mol. The second-order valence-electron chi connectivity index (χ2n) is 6.33. The fourth-order valence-electron chi connectivity index (χ4n) is 2.89. The molecule has 0 unspecified atom stereocenters. The summed E-state index contributed by atoms with van der Waals surface area (Å²) in [7, 11) is -3.44. The highest BCUT2D eigenvalue weighted by Crippen LogP contribution is 2.27. The van der Waals surface area contributed by atoms with Crippen molar-refractivity contribution >= 4 is 32.4 Å². The molecule has 0 atom stereocenters. The number of hydrogen-bond donors (Lipinski definition) is 1. The van der Waals surface area contributed by atoms with Crippen LogP contribution in [0.2, 0.25) is 0 Å². The van der Waals surface area contributed by atoms with E-state index in [0.29, 0.717) is 0 Å². The van der Waals surface area contributed by atoms with Gasteiger partial charge in [-0.1, -0.05) is 6.07 Å². The van der Waals surface area contributed by atoms with Gasteiger partial charge in [0.25, 0.3) is 0 Å². The van der Waals surface area contributed by atoms with Crippen LogP contribution in [0.25, 0.3) is 10.8 Å². The summed E-state index contributed by atoms with van der Waals surface area (Å²) in [5.74, 6) is -3.96. The van der Waals surface area contributed by atoms with Crippen LogP contribution in [0.3, 0.4) is 0 Å². The molecule has 0 aliphatic rings. The maximum atomic E-state index is 13.7. The van der Waals surface area contributed by atoms with E-state index >= 15 is 0 Å². The van der Waals surface area contributed by atoms with Gasteiger partial charge in [-0.15, -0.1) is 0 Å². The molecule has 0 aliphatic heterocycles. The molecule has 0 amide bonds. The molecular weight excluding hydrogens is 390 g/mol. The Morgan fingerprint density at radius 2 is 1.57 bits per heavy atom. The van der Waals surface area contributed by atoms with Gasteiger partial charge in [0, 0.05) is 17.4 Å². The number of benzene rings is 3. The Balaban J connectivity index is 2.18. The van der Waals surface area contributed by atoms with Crippen LogP contribution in [-0.4, -0.2) is 31.5 Å². The lowest BCUT2D eigenvalue weighted by molar-refractivity contribution is -0.136. The van der Waals surface area contributed by atoms with Crippen molar-refractivity contribution in [2.45, 2.75) is 11.3 Å². The normalized spacial score (nSPS) is 11.5. The molecule has 8 heteroatoms. The van der Waals surface area contributed by atoms with E-state index < -0.39 is 39.6 Å². The Labute approximate surface area is 159 Å². The number of halogens is 2. The maximum Gasteiger partial charge on any atom is 0.307 e. The summed E-state index contributed by atoms with van der Waals surface area (Å²) in [4.78, 5) is 24.0. The lowest BCUT2D eigenvalue weighted by Gasteiger charge is -2.10. The minimum atomic E-state index is -3.44. The van der Waals surface area contributed by atoms with E-state index in [1.807, 2.05) is 0 Å². The molecule has 0 spiro atoms. The Morgan fingerprint density at radius 3 is 2.14 bits per heavy atom. The first kappa shape index (κ1) is 19.6. The van der Waals surface area contributed by atoms with Gasteiger partial charge in [0.2, 0.25) is 0 Å². The van der Waals surface area contributed by atoms with Gasteiger partial charge in [-0.2, -0.15) is 0 Å². The molecule has 0 heterocycles. The van der Waals surface area contributed by atoms with Crippen LogP contribution in [0.15, 0.2) is 53.4 Å². The molecule has 0 saturated heterocycles. The third-order valence-corrected chi connectivity index (χ3v) is 5.33. The fraction of sp³-hybridized carbons (Fsp3) is 0.100. The molecule has 3 rings (SSSR count). The monoisotopic (exact) mass is 404 g/mol. The van der Waals surface area contributed by atoms with Crippen molar-refractivity contribution in [2.75, 3.05) is 6.26 Å². The van der Waals surface area contributed by atoms with Gasteiger partial charge in [-0.25, -0.2) is 17.2 Å². The molecule has 3 aromatic carbocycles. The molecule has 5 nitrogen and oxygen atoms in total. The summed E-state index contributed by atoms with van der Waals surface area (Å²) in [6.45, 7) is 0. The highest BCUT2D eigenvalue weighted by molar-refractivity contribution is 7.90. The molecule has 28 heavy (non-hydrogen) atoms. The smallest absolute Gasteiger partial charge is 0.307 e. The lowest BCUT2D eigenvalue weighted by atomic mass is 9.94. The zero-order valence-electron chi connectivity index (χ0n) is 14.6. The summed E-state index contributed by atoms with van der Waals surface area (Å²) in [5.41, 5.74) is 0.382. The number of fused-ring (bicyclic) bond motifs is 1. The Hall–Kier alpha value is -3.13. The van der Waals surface area contributed by atoms with Crippen LogP contribution in [0.1, 0.15) is 21.5 Å². The number of aliphatic carboxylic acids is 1. The number of carboxylic acids is 1. The zero-order valence-corrected chi connectivity index (χ0v) is 15.4. The molecule has 0 aliphatic carbocycles. The van der Waals surface area contributed by atoms with Crippen molar-refractivity contribution < 1.29 is 31.9 Å². The Kier molecular flexibility index (Phi) is 4.99. The van der Waals surface area contributed by atoms with Crippen LogP contribution < -0.4 is 0 Å². The SMILES string of the molecule is CS(=O)(=O)c1ccc(C(=O)c2cc(CC(=O)O)cc3cc(F)c(F)cc23)cc1.